The summed E-state index contributed by atoms with van der Waals surface area (Å²) in [6, 6.07) is 10.7. The van der Waals surface area contributed by atoms with Crippen molar-refractivity contribution in [1.82, 2.24) is 5.32 Å². The summed E-state index contributed by atoms with van der Waals surface area (Å²) >= 11 is 0. The predicted octanol–water partition coefficient (Wildman–Crippen LogP) is 3.79. The van der Waals surface area contributed by atoms with Crippen LogP contribution in [0.2, 0.25) is 0 Å². The van der Waals surface area contributed by atoms with Gasteiger partial charge in [0.25, 0.3) is 15.9 Å². The molecule has 0 heterocycles. The fraction of sp³-hybridized carbons (Fsp3) is 0.316. The Hall–Kier alpha value is -2.41. The van der Waals surface area contributed by atoms with E-state index in [0.717, 1.165) is 25.0 Å². The molecule has 26 heavy (non-hydrogen) atoms. The highest BCUT2D eigenvalue weighted by atomic mass is 32.2. The first-order valence-corrected chi connectivity index (χ1v) is 10.0. The van der Waals surface area contributed by atoms with Gasteiger partial charge in [0.2, 0.25) is 0 Å². The van der Waals surface area contributed by atoms with Gasteiger partial charge in [-0.05, 0) is 54.4 Å². The second kappa shape index (κ2) is 8.80. The van der Waals surface area contributed by atoms with Gasteiger partial charge in [-0.2, -0.15) is 0 Å². The molecular formula is C19H23FN2O3S. The average Bonchev–Trinajstić information content (AvgIpc) is 2.63. The zero-order valence-electron chi connectivity index (χ0n) is 14.8. The van der Waals surface area contributed by atoms with Crippen LogP contribution in [-0.4, -0.2) is 20.9 Å². The van der Waals surface area contributed by atoms with Crippen LogP contribution in [0.5, 0.6) is 0 Å². The minimum Gasteiger partial charge on any atom is -0.352 e. The first-order chi connectivity index (χ1) is 12.4. The van der Waals surface area contributed by atoms with Crippen molar-refractivity contribution in [3.8, 4) is 0 Å². The molecule has 0 unspecified atom stereocenters. The highest BCUT2D eigenvalue weighted by Gasteiger charge is 2.15. The van der Waals surface area contributed by atoms with E-state index in [1.165, 1.54) is 24.3 Å². The van der Waals surface area contributed by atoms with Crippen LogP contribution in [0.3, 0.4) is 0 Å². The fourth-order valence-corrected chi connectivity index (χ4v) is 3.49. The Balaban J connectivity index is 2.02. The van der Waals surface area contributed by atoms with E-state index in [2.05, 4.69) is 23.9 Å². The lowest BCUT2D eigenvalue weighted by Crippen LogP contribution is -2.28. The zero-order chi connectivity index (χ0) is 19.2. The molecule has 0 atom stereocenters. The SMILES string of the molecule is CCC(CC)CNC(=O)c1ccc(NS(=O)(=O)c2ccc(F)cc2)cc1. The average molecular weight is 378 g/mol. The van der Waals surface area contributed by atoms with Crippen LogP contribution < -0.4 is 10.0 Å². The molecule has 2 rings (SSSR count). The van der Waals surface area contributed by atoms with Crippen molar-refractivity contribution >= 4 is 21.6 Å². The maximum absolute atomic E-state index is 12.9. The Morgan fingerprint density at radius 2 is 1.58 bits per heavy atom. The Labute approximate surface area is 153 Å². The number of carbonyl (C=O) groups excluding carboxylic acids is 1. The molecule has 0 aliphatic rings. The number of benzene rings is 2. The largest absolute Gasteiger partial charge is 0.352 e. The molecule has 0 bridgehead atoms. The number of rotatable bonds is 8. The first-order valence-electron chi connectivity index (χ1n) is 8.52. The number of amides is 1. The van der Waals surface area contributed by atoms with E-state index in [4.69, 9.17) is 0 Å². The number of carbonyl (C=O) groups is 1. The van der Waals surface area contributed by atoms with Crippen LogP contribution in [0.25, 0.3) is 0 Å². The normalized spacial score (nSPS) is 11.4. The highest BCUT2D eigenvalue weighted by Crippen LogP contribution is 2.17. The molecule has 7 heteroatoms. The number of halogens is 1. The molecule has 140 valence electrons. The third-order valence-electron chi connectivity index (χ3n) is 4.23. The van der Waals surface area contributed by atoms with Crippen molar-refractivity contribution in [3.05, 3.63) is 59.9 Å². The number of hydrogen-bond acceptors (Lipinski definition) is 3. The molecule has 0 radical (unpaired) electrons. The van der Waals surface area contributed by atoms with E-state index in [0.29, 0.717) is 23.7 Å². The lowest BCUT2D eigenvalue weighted by Gasteiger charge is -2.13. The summed E-state index contributed by atoms with van der Waals surface area (Å²) in [5.74, 6) is -0.252. The molecule has 0 spiro atoms. The first kappa shape index (κ1) is 19.9. The number of anilines is 1. The number of sulfonamides is 1. The smallest absolute Gasteiger partial charge is 0.261 e. The molecule has 5 nitrogen and oxygen atoms in total. The lowest BCUT2D eigenvalue weighted by atomic mass is 10.0. The summed E-state index contributed by atoms with van der Waals surface area (Å²) in [6.07, 6.45) is 2.00. The van der Waals surface area contributed by atoms with Gasteiger partial charge in [-0.25, -0.2) is 12.8 Å². The van der Waals surface area contributed by atoms with Crippen LogP contribution in [0.1, 0.15) is 37.0 Å². The summed E-state index contributed by atoms with van der Waals surface area (Å²) in [5, 5.41) is 2.89. The Morgan fingerprint density at radius 1 is 1.00 bits per heavy atom. The maximum atomic E-state index is 12.9. The Morgan fingerprint density at radius 3 is 2.12 bits per heavy atom. The van der Waals surface area contributed by atoms with Crippen molar-refractivity contribution < 1.29 is 17.6 Å². The second-order valence-corrected chi connectivity index (χ2v) is 7.71. The molecule has 0 aromatic heterocycles. The van der Waals surface area contributed by atoms with Gasteiger partial charge in [-0.15, -0.1) is 0 Å². The number of hydrogen-bond donors (Lipinski definition) is 2. The van der Waals surface area contributed by atoms with Gasteiger partial charge in [-0.3, -0.25) is 9.52 Å². The lowest BCUT2D eigenvalue weighted by molar-refractivity contribution is 0.0946. The van der Waals surface area contributed by atoms with Crippen molar-refractivity contribution in [2.45, 2.75) is 31.6 Å². The van der Waals surface area contributed by atoms with Gasteiger partial charge in [0.05, 0.1) is 4.90 Å². The van der Waals surface area contributed by atoms with Crippen LogP contribution in [0.4, 0.5) is 10.1 Å². The van der Waals surface area contributed by atoms with E-state index in [-0.39, 0.29) is 10.8 Å². The van der Waals surface area contributed by atoms with Crippen LogP contribution in [0.15, 0.2) is 53.4 Å². The van der Waals surface area contributed by atoms with Gasteiger partial charge in [0.1, 0.15) is 5.82 Å². The maximum Gasteiger partial charge on any atom is 0.261 e. The molecule has 0 fully saturated rings. The molecule has 0 saturated heterocycles. The third-order valence-corrected chi connectivity index (χ3v) is 5.63. The monoisotopic (exact) mass is 378 g/mol. The van der Waals surface area contributed by atoms with E-state index in [9.17, 15) is 17.6 Å². The fourth-order valence-electron chi connectivity index (χ4n) is 2.43. The minimum absolute atomic E-state index is 0.0362. The standard InChI is InChI=1S/C19H23FN2O3S/c1-3-14(4-2)13-21-19(23)15-5-9-17(10-6-15)22-26(24,25)18-11-7-16(20)8-12-18/h5-12,14,22H,3-4,13H2,1-2H3,(H,21,23). The molecule has 0 saturated carbocycles. The number of nitrogens with one attached hydrogen (secondary N) is 2. The molecule has 0 aliphatic carbocycles. The molecule has 2 aromatic rings. The summed E-state index contributed by atoms with van der Waals surface area (Å²) in [5.41, 5.74) is 0.784. The summed E-state index contributed by atoms with van der Waals surface area (Å²) in [7, 11) is -3.81. The van der Waals surface area contributed by atoms with Crippen LogP contribution >= 0.6 is 0 Å². The Bertz CT molecular complexity index is 830. The summed E-state index contributed by atoms with van der Waals surface area (Å²) in [6.45, 7) is 4.79. The zero-order valence-corrected chi connectivity index (χ0v) is 15.6. The van der Waals surface area contributed by atoms with Crippen LogP contribution in [-0.2, 0) is 10.0 Å². The topological polar surface area (TPSA) is 75.3 Å². The predicted molar refractivity (Wildman–Crippen MR) is 100 cm³/mol. The molecule has 0 aliphatic heterocycles. The van der Waals surface area contributed by atoms with Gasteiger partial charge in [0.15, 0.2) is 0 Å². The van der Waals surface area contributed by atoms with Gasteiger partial charge >= 0.3 is 0 Å². The van der Waals surface area contributed by atoms with Crippen LogP contribution in [0, 0.1) is 11.7 Å². The van der Waals surface area contributed by atoms with Crippen molar-refractivity contribution in [2.24, 2.45) is 5.92 Å². The molecule has 1 amide bonds. The second-order valence-electron chi connectivity index (χ2n) is 6.03. The Kier molecular flexibility index (Phi) is 6.74. The third kappa shape index (κ3) is 5.29. The quantitative estimate of drug-likeness (QED) is 0.734. The van der Waals surface area contributed by atoms with E-state index < -0.39 is 15.8 Å². The van der Waals surface area contributed by atoms with Crippen molar-refractivity contribution in [3.63, 3.8) is 0 Å². The molecular weight excluding hydrogens is 355 g/mol. The van der Waals surface area contributed by atoms with E-state index in [1.807, 2.05) is 0 Å². The van der Waals surface area contributed by atoms with Gasteiger partial charge in [-0.1, -0.05) is 26.7 Å². The van der Waals surface area contributed by atoms with Crippen molar-refractivity contribution in [1.29, 1.82) is 0 Å². The van der Waals surface area contributed by atoms with Gasteiger partial charge < -0.3 is 5.32 Å². The minimum atomic E-state index is -3.81. The summed E-state index contributed by atoms with van der Waals surface area (Å²) < 4.78 is 39.9. The summed E-state index contributed by atoms with van der Waals surface area (Å²) in [4.78, 5) is 12.1. The van der Waals surface area contributed by atoms with Gasteiger partial charge in [0, 0.05) is 17.8 Å². The van der Waals surface area contributed by atoms with E-state index in [1.54, 1.807) is 12.1 Å². The molecule has 2 N–H and O–H groups in total. The van der Waals surface area contributed by atoms with Crippen molar-refractivity contribution in [2.75, 3.05) is 11.3 Å². The molecule has 2 aromatic carbocycles. The highest BCUT2D eigenvalue weighted by molar-refractivity contribution is 7.92. The van der Waals surface area contributed by atoms with E-state index >= 15 is 0 Å².